The number of halogens is 15. The van der Waals surface area contributed by atoms with Gasteiger partial charge in [-0.2, -0.15) is 6.42 Å². The molecule has 0 radical (unpaired) electrons. The molecule has 10 heterocycles. The Morgan fingerprint density at radius 3 is 1.27 bits per heavy atom. The van der Waals surface area contributed by atoms with Crippen molar-refractivity contribution in [2.24, 2.45) is 41.2 Å². The van der Waals surface area contributed by atoms with Crippen LogP contribution in [0.3, 0.4) is 0 Å². The van der Waals surface area contributed by atoms with Gasteiger partial charge in [0, 0.05) is 110 Å². The van der Waals surface area contributed by atoms with Crippen LogP contribution >= 0.6 is 224 Å². The third-order valence-corrected chi connectivity index (χ3v) is 33.8. The fourth-order valence-electron chi connectivity index (χ4n) is 13.7. The summed E-state index contributed by atoms with van der Waals surface area (Å²) in [6.07, 6.45) is 23.4. The number of ketones is 3. The number of carbonyl (C=O) groups excluding carboxylic acids is 4. The Hall–Kier alpha value is -3.47. The topological polar surface area (TPSA) is 362 Å². The van der Waals surface area contributed by atoms with Gasteiger partial charge in [-0.05, 0) is 214 Å². The van der Waals surface area contributed by atoms with Crippen LogP contribution in [0.5, 0.6) is 0 Å². The Morgan fingerprint density at radius 2 is 0.923 bits per heavy atom. The van der Waals surface area contributed by atoms with Crippen LogP contribution in [0.1, 0.15) is 216 Å². The molecule has 8 N–H and O–H groups in total. The molecule has 3 aliphatic carbocycles. The molecule has 143 heavy (non-hydrogen) atoms. The molecule has 47 heteroatoms. The number of nitrogens with two attached hydrogens (primary N) is 1. The molecule has 10 aromatic heterocycles. The molecule has 0 bridgehead atoms. The van der Waals surface area contributed by atoms with Gasteiger partial charge in [-0.1, -0.05) is 254 Å². The number of rotatable bonds is 23. The minimum absolute atomic E-state index is 0. The van der Waals surface area contributed by atoms with Crippen molar-refractivity contribution in [3.05, 3.63) is 319 Å². The number of aldehydes is 1. The first kappa shape index (κ1) is 136. The van der Waals surface area contributed by atoms with Crippen LogP contribution in [-0.2, 0) is 41.7 Å². The summed E-state index contributed by atoms with van der Waals surface area (Å²) in [6, 6.07) is 38.2. The van der Waals surface area contributed by atoms with E-state index >= 15 is 0 Å². The Bertz CT molecular complexity index is 5860. The molecule has 765 valence electrons. The van der Waals surface area contributed by atoms with Crippen LogP contribution in [-0.4, -0.2) is 139 Å². The predicted molar refractivity (Wildman–Crippen MR) is 591 cm³/mol. The molecule has 0 spiro atoms. The molecule has 3 fully saturated rings. The van der Waals surface area contributed by atoms with E-state index in [2.05, 4.69) is 236 Å². The summed E-state index contributed by atoms with van der Waals surface area (Å²) in [6.45, 7) is 10.5. The summed E-state index contributed by atoms with van der Waals surface area (Å²) in [5.74, 6) is 3.22. The number of unbranched alkanes of at least 4 members (excludes halogenated alkanes) is 1. The summed E-state index contributed by atoms with van der Waals surface area (Å²) in [5.41, 5.74) is 11.3. The number of thiophene rings is 5. The van der Waals surface area contributed by atoms with Crippen molar-refractivity contribution < 1.29 is 147 Å². The van der Waals surface area contributed by atoms with Crippen molar-refractivity contribution in [2.45, 2.75) is 159 Å². The summed E-state index contributed by atoms with van der Waals surface area (Å²) >= 11 is 60.8. The van der Waals surface area contributed by atoms with Gasteiger partial charge in [-0.3, -0.25) is 19.2 Å². The van der Waals surface area contributed by atoms with Crippen molar-refractivity contribution in [1.82, 2.24) is 49.8 Å². The third-order valence-electron chi connectivity index (χ3n) is 20.7. The SMILES string of the molecule is C.C.C.C[C@H]1C[C@H](N)C[C@@H]1CO.C[C@H]1C[C@H](Nc2ncncc2C(=O)c2cc(Br)c(Cl)s2)C[C@@H]1CO.C[C@H]1C[C@H](Nc2ncncc2C(=O)c2cc(Cc3ccccc3)c(Cc3ccccc3)s2)C[C@@H]1CO.Clc1ncncc1I.F[B-](F)(F)Cc1ccccc1.O=C(c1cc(Br)c(Cl)s1)c1cncnc1Cl.O=Cc1cc(Br)c(Cl)s1.OC(c1cc(Br)c(Cl)s1)c1cncnc1Cl.[2H]CC.[CH2-]CCC.[K+].[Li+].[O]=[Mn]=[O]. The molecule has 0 amide bonds. The van der Waals surface area contributed by atoms with Crippen molar-refractivity contribution in [1.29, 1.82) is 0 Å². The van der Waals surface area contributed by atoms with Gasteiger partial charge >= 0.3 is 99.7 Å². The van der Waals surface area contributed by atoms with Gasteiger partial charge in [0.25, 0.3) is 0 Å². The van der Waals surface area contributed by atoms with Gasteiger partial charge in [-0.15, -0.1) is 56.7 Å². The monoisotopic (exact) mass is 2620 g/mol. The Labute approximate surface area is 999 Å². The van der Waals surface area contributed by atoms with E-state index in [1.165, 1.54) is 136 Å². The molecule has 10 atom stereocenters. The molecule has 3 aromatic carbocycles. The fraction of sp³-hybridized carbons (Fsp3) is 0.344. The summed E-state index contributed by atoms with van der Waals surface area (Å²) < 4.78 is 64.5. The Balaban J connectivity index is 0.000000848. The Morgan fingerprint density at radius 1 is 0.552 bits per heavy atom. The first-order chi connectivity index (χ1) is 66.4. The van der Waals surface area contributed by atoms with Gasteiger partial charge in [0.05, 0.1) is 39.8 Å². The summed E-state index contributed by atoms with van der Waals surface area (Å²) in [4.78, 5) is 92.3. The number of anilines is 2. The molecular formula is C96H109BBr4Cl7F3IKLiMnN13O10S5. The van der Waals surface area contributed by atoms with Crippen LogP contribution in [0.2, 0.25) is 32.8 Å². The van der Waals surface area contributed by atoms with E-state index in [0.717, 1.165) is 76.6 Å². The maximum atomic E-state index is 13.7. The molecule has 1 unspecified atom stereocenters. The van der Waals surface area contributed by atoms with E-state index in [4.69, 9.17) is 101 Å². The van der Waals surface area contributed by atoms with Crippen LogP contribution in [0.15, 0.2) is 202 Å². The van der Waals surface area contributed by atoms with Crippen molar-refractivity contribution in [3.8, 4) is 0 Å². The Kier molecular flexibility index (Phi) is 69.9. The second-order valence-corrected chi connectivity index (χ2v) is 44.2. The van der Waals surface area contributed by atoms with Crippen molar-refractivity contribution in [3.63, 3.8) is 0 Å². The molecular weight excluding hydrogens is 2520 g/mol. The standard InChI is InChI=1S/C30H31N3O2S.C16H17BrClN3O2S.C9H5BrCl2N2OS.C9H3BrCl2N2OS.C7H7BF3.C7H15NO.C5H2BrClOS.C4H2ClIN2.C4H9.C2H6.3CH4.K.Li.Mn.2O/c1-20-12-25(15-24(20)18-34)33-30-26(17-31-19-32-30)29(35)28-16-23(13-21-8-4-2-5-9-21)27(36-28)14-22-10-6-3-7-11-22;1-8-2-10(3-9(8)6-22)21-16-11(5-19-7-20-16)14(23)13-4-12(17)15(18)24-13;2*10-5-1-6(16-9(5)12)7(15)4-2-13-3-14-8(4)11;9-8(10,11)6-7-4-2-1-3-5-7;1-5-2-7(8)3-6(5)4-9;6-4-1-3(2-8)9-5(4)7;5-4-3(6)1-7-2-8-4;1-3-4-2;1-2;;;;;;;;/h2-11,16-17,19-20,24-25,34H,12-15,18H2,1H3,(H,31,32,33);4-5,7-10,22H,2-3,6H2,1H3,(H,19,20,21);1-3,7,15H;1-3H;1-5H,6H2;5-7,9H,2-4,8H2,1H3;1-2H;1-2H;1,3-4H2,2H3;1-2H3;3*1H4;;;;;/q;;;;-1;;;;-1;;;;;2*+1;;;/t20-,24+,25-;8-,9+,10-;;;;5-,6+,7-;;;;;;;;;;;;/m00...0............/s1/i;;;;;;;;;1D;;;;;;;;. The first-order valence-corrected chi connectivity index (χ1v) is 54.0. The number of hydrogen-bond acceptors (Lipinski definition) is 28. The number of hydrogen-bond donors (Lipinski definition) is 7. The normalized spacial score (nSPS) is 16.6. The number of carbonyl (C=O) groups is 4. The van der Waals surface area contributed by atoms with Gasteiger partial charge in [0.15, 0.2) is 6.29 Å². The quantitative estimate of drug-likeness (QED) is 0.00781. The van der Waals surface area contributed by atoms with Crippen molar-refractivity contribution in [2.75, 3.05) is 30.5 Å². The minimum atomic E-state index is -4.68. The van der Waals surface area contributed by atoms with E-state index in [1.807, 2.05) is 12.1 Å². The molecule has 0 aliphatic heterocycles. The van der Waals surface area contributed by atoms with E-state index in [0.29, 0.717) is 133 Å². The first-order valence-electron chi connectivity index (χ1n) is 42.8. The number of aromatic nitrogens is 10. The predicted octanol–water partition coefficient (Wildman–Crippen LogP) is 23.3. The second-order valence-electron chi connectivity index (χ2n) is 30.6. The van der Waals surface area contributed by atoms with E-state index in [9.17, 15) is 47.4 Å². The second kappa shape index (κ2) is 73.7. The van der Waals surface area contributed by atoms with Crippen LogP contribution in [0.25, 0.3) is 0 Å². The van der Waals surface area contributed by atoms with Crippen LogP contribution in [0, 0.1) is 46.0 Å². The van der Waals surface area contributed by atoms with Crippen LogP contribution < -0.4 is 86.6 Å². The number of nitrogens with one attached hydrogen (secondary N) is 2. The number of aliphatic hydroxyl groups is 4. The fourth-order valence-corrected chi connectivity index (χ4v) is 22.2. The number of aliphatic hydroxyl groups excluding tert-OH is 4. The maximum absolute atomic E-state index is 13.7. The van der Waals surface area contributed by atoms with Gasteiger partial charge in [0.1, 0.15) is 82.2 Å². The average Bonchev–Trinajstić information content (AvgIpc) is 1.66. The zero-order chi connectivity index (χ0) is 102. The van der Waals surface area contributed by atoms with E-state index < -0.39 is 34.2 Å². The average molecular weight is 2630 g/mol. The molecule has 13 aromatic rings. The summed E-state index contributed by atoms with van der Waals surface area (Å²) in [5, 5.41) is 45.7. The molecule has 0 saturated heterocycles. The molecule has 3 saturated carbocycles. The van der Waals surface area contributed by atoms with Crippen molar-refractivity contribution >= 4 is 266 Å². The van der Waals surface area contributed by atoms with Crippen LogP contribution in [0.4, 0.5) is 24.6 Å². The molecule has 3 aliphatic rings. The zero-order valence-electron chi connectivity index (χ0n) is 77.4. The van der Waals surface area contributed by atoms with E-state index in [1.54, 1.807) is 73.1 Å². The molecule has 23 nitrogen and oxygen atoms in total. The van der Waals surface area contributed by atoms with Gasteiger partial charge < -0.3 is 56.7 Å². The van der Waals surface area contributed by atoms with Gasteiger partial charge in [-0.25, -0.2) is 49.8 Å². The number of nitrogens with zero attached hydrogens (tertiary/aromatic N) is 10. The molecule has 16 rings (SSSR count). The summed E-state index contributed by atoms with van der Waals surface area (Å²) in [7, 11) is 0. The third kappa shape index (κ3) is 47.3. The number of benzene rings is 3. The zero-order valence-corrected chi connectivity index (χ0v) is 98.6. The van der Waals surface area contributed by atoms with Gasteiger partial charge in [0.2, 0.25) is 17.3 Å². The van der Waals surface area contributed by atoms with E-state index in [-0.39, 0.29) is 163 Å².